The second-order valence-corrected chi connectivity index (χ2v) is 4.75. The minimum atomic E-state index is -0.358. The summed E-state index contributed by atoms with van der Waals surface area (Å²) in [6.07, 6.45) is -0.237. The zero-order valence-corrected chi connectivity index (χ0v) is 11.9. The summed E-state index contributed by atoms with van der Waals surface area (Å²) in [7, 11) is 1.65. The fraction of sp³-hybridized carbons (Fsp3) is 0.429. The van der Waals surface area contributed by atoms with Crippen LogP contribution in [0.4, 0.5) is 0 Å². The van der Waals surface area contributed by atoms with Gasteiger partial charge in [0, 0.05) is 7.05 Å². The van der Waals surface area contributed by atoms with E-state index in [1.807, 2.05) is 24.3 Å². The van der Waals surface area contributed by atoms with E-state index in [9.17, 15) is 9.59 Å². The van der Waals surface area contributed by atoms with Gasteiger partial charge in [0.05, 0.1) is 19.6 Å². The van der Waals surface area contributed by atoms with E-state index in [0.29, 0.717) is 24.7 Å². The predicted molar refractivity (Wildman–Crippen MR) is 76.1 cm³/mol. The monoisotopic (exact) mass is 293 g/mol. The normalized spacial score (nSPS) is 16.2. The van der Waals surface area contributed by atoms with Gasteiger partial charge in [0.2, 0.25) is 11.8 Å². The number of hydrogen-bond donors (Lipinski definition) is 2. The van der Waals surface area contributed by atoms with E-state index < -0.39 is 0 Å². The van der Waals surface area contributed by atoms with Crippen LogP contribution in [0.1, 0.15) is 0 Å². The lowest BCUT2D eigenvalue weighted by molar-refractivity contribution is -0.132. The molecule has 1 atom stereocenters. The molecule has 114 valence electrons. The number of nitrogens with two attached hydrogens (primary N) is 1. The molecule has 0 saturated heterocycles. The Kier molecular flexibility index (Phi) is 4.99. The third-order valence-corrected chi connectivity index (χ3v) is 3.09. The van der Waals surface area contributed by atoms with Gasteiger partial charge in [0.1, 0.15) is 6.61 Å². The molecule has 7 heteroatoms. The highest BCUT2D eigenvalue weighted by molar-refractivity contribution is 5.85. The number of nitrogens with one attached hydrogen (secondary N) is 1. The summed E-state index contributed by atoms with van der Waals surface area (Å²) < 4.78 is 11.4. The molecule has 0 aliphatic carbocycles. The first-order chi connectivity index (χ1) is 10.1. The summed E-state index contributed by atoms with van der Waals surface area (Å²) in [4.78, 5) is 24.4. The molecule has 0 fully saturated rings. The molecule has 1 heterocycles. The number of rotatable bonds is 5. The molecule has 2 rings (SSSR count). The van der Waals surface area contributed by atoms with Crippen LogP contribution in [0.5, 0.6) is 11.5 Å². The van der Waals surface area contributed by atoms with Crippen LogP contribution < -0.4 is 20.5 Å². The highest BCUT2D eigenvalue weighted by Gasteiger charge is 2.23. The quantitative estimate of drug-likeness (QED) is 0.753. The Balaban J connectivity index is 1.82. The maximum atomic E-state index is 11.9. The standard InChI is InChI=1S/C14H19N3O4/c1-17(14(19)7-16-13(18)6-15)8-10-9-20-11-4-2-3-5-12(11)21-10/h2-5,10H,6-9,15H2,1H3,(H,16,18). The van der Waals surface area contributed by atoms with Crippen LogP contribution >= 0.6 is 0 Å². The number of amides is 2. The van der Waals surface area contributed by atoms with Crippen molar-refractivity contribution in [3.63, 3.8) is 0 Å². The van der Waals surface area contributed by atoms with E-state index in [4.69, 9.17) is 15.2 Å². The smallest absolute Gasteiger partial charge is 0.241 e. The molecular weight excluding hydrogens is 274 g/mol. The van der Waals surface area contributed by atoms with Crippen LogP contribution in [-0.2, 0) is 9.59 Å². The van der Waals surface area contributed by atoms with E-state index in [2.05, 4.69) is 5.32 Å². The van der Waals surface area contributed by atoms with Crippen molar-refractivity contribution < 1.29 is 19.1 Å². The molecule has 0 radical (unpaired) electrons. The van der Waals surface area contributed by atoms with Crippen LogP contribution in [0.2, 0.25) is 0 Å². The Morgan fingerprint density at radius 1 is 1.38 bits per heavy atom. The SMILES string of the molecule is CN(CC1COc2ccccc2O1)C(=O)CNC(=O)CN. The Labute approximate surface area is 123 Å². The van der Waals surface area contributed by atoms with Gasteiger partial charge in [-0.05, 0) is 12.1 Å². The molecule has 1 aromatic rings. The van der Waals surface area contributed by atoms with Gasteiger partial charge in [-0.25, -0.2) is 0 Å². The van der Waals surface area contributed by atoms with Gasteiger partial charge in [-0.2, -0.15) is 0 Å². The van der Waals surface area contributed by atoms with Crippen molar-refractivity contribution in [2.24, 2.45) is 5.73 Å². The molecule has 21 heavy (non-hydrogen) atoms. The van der Waals surface area contributed by atoms with Crippen molar-refractivity contribution in [2.45, 2.75) is 6.10 Å². The topological polar surface area (TPSA) is 93.9 Å². The molecular formula is C14H19N3O4. The third kappa shape index (κ3) is 4.09. The molecule has 2 amide bonds. The summed E-state index contributed by atoms with van der Waals surface area (Å²) in [5, 5.41) is 2.44. The van der Waals surface area contributed by atoms with Crippen LogP contribution in [0.15, 0.2) is 24.3 Å². The van der Waals surface area contributed by atoms with Crippen molar-refractivity contribution in [1.82, 2.24) is 10.2 Å². The molecule has 1 aromatic carbocycles. The maximum Gasteiger partial charge on any atom is 0.241 e. The second-order valence-electron chi connectivity index (χ2n) is 4.75. The molecule has 3 N–H and O–H groups in total. The number of carbonyl (C=O) groups is 2. The lowest BCUT2D eigenvalue weighted by atomic mass is 10.2. The molecule has 1 unspecified atom stereocenters. The Morgan fingerprint density at radius 3 is 2.81 bits per heavy atom. The fourth-order valence-electron chi connectivity index (χ4n) is 1.94. The van der Waals surface area contributed by atoms with E-state index in [-0.39, 0.29) is 31.0 Å². The molecule has 0 bridgehead atoms. The van der Waals surface area contributed by atoms with Gasteiger partial charge < -0.3 is 25.4 Å². The minimum absolute atomic E-state index is 0.0727. The first-order valence-electron chi connectivity index (χ1n) is 6.69. The van der Waals surface area contributed by atoms with Gasteiger partial charge >= 0.3 is 0 Å². The molecule has 0 spiro atoms. The Bertz CT molecular complexity index is 521. The van der Waals surface area contributed by atoms with Gasteiger partial charge in [0.25, 0.3) is 0 Å². The molecule has 1 aliphatic rings. The zero-order valence-electron chi connectivity index (χ0n) is 11.9. The number of likely N-dealkylation sites (N-methyl/N-ethyl adjacent to an activating group) is 1. The first kappa shape index (κ1) is 15.1. The van der Waals surface area contributed by atoms with Crippen molar-refractivity contribution in [1.29, 1.82) is 0 Å². The van der Waals surface area contributed by atoms with Crippen LogP contribution in [-0.4, -0.2) is 56.1 Å². The van der Waals surface area contributed by atoms with Crippen molar-refractivity contribution in [3.05, 3.63) is 24.3 Å². The number of para-hydroxylation sites is 2. The van der Waals surface area contributed by atoms with Gasteiger partial charge in [-0.1, -0.05) is 12.1 Å². The van der Waals surface area contributed by atoms with Crippen molar-refractivity contribution in [2.75, 3.05) is 33.3 Å². The Hall–Kier alpha value is -2.28. The van der Waals surface area contributed by atoms with Gasteiger partial charge in [-0.15, -0.1) is 0 Å². The largest absolute Gasteiger partial charge is 0.486 e. The van der Waals surface area contributed by atoms with Crippen LogP contribution in [0, 0.1) is 0 Å². The number of hydrogen-bond acceptors (Lipinski definition) is 5. The number of ether oxygens (including phenoxy) is 2. The zero-order chi connectivity index (χ0) is 15.2. The summed E-state index contributed by atoms with van der Waals surface area (Å²) in [6.45, 7) is 0.555. The molecule has 0 aromatic heterocycles. The van der Waals surface area contributed by atoms with Crippen molar-refractivity contribution >= 4 is 11.8 Å². The number of nitrogens with zero attached hydrogens (tertiary/aromatic N) is 1. The van der Waals surface area contributed by atoms with Gasteiger partial charge in [0.15, 0.2) is 17.6 Å². The average molecular weight is 293 g/mol. The van der Waals surface area contributed by atoms with Gasteiger partial charge in [-0.3, -0.25) is 9.59 Å². The average Bonchev–Trinajstić information content (AvgIpc) is 2.51. The third-order valence-electron chi connectivity index (χ3n) is 3.09. The minimum Gasteiger partial charge on any atom is -0.486 e. The van der Waals surface area contributed by atoms with Crippen LogP contribution in [0.3, 0.4) is 0 Å². The van der Waals surface area contributed by atoms with E-state index in [1.165, 1.54) is 4.90 Å². The highest BCUT2D eigenvalue weighted by Crippen LogP contribution is 2.30. The lowest BCUT2D eigenvalue weighted by Gasteiger charge is -2.29. The summed E-state index contributed by atoms with van der Waals surface area (Å²) >= 11 is 0. The summed E-state index contributed by atoms with van der Waals surface area (Å²) in [6, 6.07) is 7.40. The molecule has 0 saturated carbocycles. The van der Waals surface area contributed by atoms with Crippen LogP contribution in [0.25, 0.3) is 0 Å². The van der Waals surface area contributed by atoms with E-state index in [1.54, 1.807) is 7.05 Å². The maximum absolute atomic E-state index is 11.9. The van der Waals surface area contributed by atoms with E-state index >= 15 is 0 Å². The fourth-order valence-corrected chi connectivity index (χ4v) is 1.94. The lowest BCUT2D eigenvalue weighted by Crippen LogP contribution is -2.45. The summed E-state index contributed by atoms with van der Waals surface area (Å²) in [5.41, 5.74) is 5.16. The first-order valence-corrected chi connectivity index (χ1v) is 6.69. The number of fused-ring (bicyclic) bond motifs is 1. The Morgan fingerprint density at radius 2 is 2.10 bits per heavy atom. The molecule has 7 nitrogen and oxygen atoms in total. The van der Waals surface area contributed by atoms with E-state index in [0.717, 1.165) is 0 Å². The molecule has 1 aliphatic heterocycles. The number of benzene rings is 1. The van der Waals surface area contributed by atoms with Crippen molar-refractivity contribution in [3.8, 4) is 11.5 Å². The summed E-state index contributed by atoms with van der Waals surface area (Å²) in [5.74, 6) is 0.811. The predicted octanol–water partition coefficient (Wildman–Crippen LogP) is -0.640. The highest BCUT2D eigenvalue weighted by atomic mass is 16.6. The second kappa shape index (κ2) is 6.94. The number of carbonyl (C=O) groups excluding carboxylic acids is 2.